The molecule has 0 N–H and O–H groups in total. The van der Waals surface area contributed by atoms with E-state index < -0.39 is 0 Å². The number of halogens is 1. The van der Waals surface area contributed by atoms with Crippen LogP contribution in [0.4, 0.5) is 0 Å². The van der Waals surface area contributed by atoms with E-state index in [1.54, 1.807) is 0 Å². The monoisotopic (exact) mass is 262 g/mol. The van der Waals surface area contributed by atoms with Crippen molar-refractivity contribution < 1.29 is 4.79 Å². The molecule has 0 bridgehead atoms. The lowest BCUT2D eigenvalue weighted by Crippen LogP contribution is -2.47. The molecular formula is C10H19BrN2O. The number of amides is 1. The molecule has 82 valence electrons. The summed E-state index contributed by atoms with van der Waals surface area (Å²) in [6.45, 7) is 1.84. The summed E-state index contributed by atoms with van der Waals surface area (Å²) in [5, 5.41) is 0.773. The number of carbonyl (C=O) groups is 1. The van der Waals surface area contributed by atoms with Gasteiger partial charge >= 0.3 is 0 Å². The molecule has 0 saturated carbocycles. The summed E-state index contributed by atoms with van der Waals surface area (Å²) in [7, 11) is 4.17. The van der Waals surface area contributed by atoms with Gasteiger partial charge in [0.05, 0.1) is 0 Å². The highest BCUT2D eigenvalue weighted by molar-refractivity contribution is 9.09. The summed E-state index contributed by atoms with van der Waals surface area (Å²) in [5.74, 6) is 0.286. The zero-order chi connectivity index (χ0) is 10.6. The van der Waals surface area contributed by atoms with Crippen LogP contribution < -0.4 is 0 Å². The zero-order valence-electron chi connectivity index (χ0n) is 9.00. The first-order valence-corrected chi connectivity index (χ1v) is 6.27. The molecule has 0 aliphatic carbocycles. The fourth-order valence-corrected chi connectivity index (χ4v) is 2.18. The van der Waals surface area contributed by atoms with Gasteiger partial charge in [-0.2, -0.15) is 0 Å². The van der Waals surface area contributed by atoms with Gasteiger partial charge in [0, 0.05) is 30.9 Å². The second kappa shape index (κ2) is 5.71. The number of hydrogen-bond donors (Lipinski definition) is 0. The average Bonchev–Trinajstić information content (AvgIpc) is 2.18. The highest BCUT2D eigenvalue weighted by atomic mass is 79.9. The van der Waals surface area contributed by atoms with E-state index in [0.29, 0.717) is 12.5 Å². The van der Waals surface area contributed by atoms with Crippen molar-refractivity contribution in [3.05, 3.63) is 0 Å². The molecule has 0 radical (unpaired) electrons. The van der Waals surface area contributed by atoms with Gasteiger partial charge in [0.25, 0.3) is 0 Å². The molecule has 1 unspecified atom stereocenters. The van der Waals surface area contributed by atoms with Crippen molar-refractivity contribution in [3.63, 3.8) is 0 Å². The summed E-state index contributed by atoms with van der Waals surface area (Å²) < 4.78 is 0. The van der Waals surface area contributed by atoms with Crippen molar-refractivity contribution in [1.82, 2.24) is 9.80 Å². The molecule has 0 aromatic rings. The lowest BCUT2D eigenvalue weighted by molar-refractivity contribution is -0.132. The Morgan fingerprint density at radius 2 is 2.29 bits per heavy atom. The Balaban J connectivity index is 2.43. The molecule has 1 aliphatic heterocycles. The molecule has 4 heteroatoms. The first kappa shape index (κ1) is 12.0. The van der Waals surface area contributed by atoms with Crippen molar-refractivity contribution in [1.29, 1.82) is 0 Å². The Kier molecular flexibility index (Phi) is 4.89. The van der Waals surface area contributed by atoms with Gasteiger partial charge < -0.3 is 9.80 Å². The molecule has 3 nitrogen and oxygen atoms in total. The number of hydrogen-bond acceptors (Lipinski definition) is 2. The van der Waals surface area contributed by atoms with E-state index in [4.69, 9.17) is 0 Å². The molecule has 1 amide bonds. The summed E-state index contributed by atoms with van der Waals surface area (Å²) in [5.41, 5.74) is 0. The Hall–Kier alpha value is -0.0900. The van der Waals surface area contributed by atoms with Gasteiger partial charge in [-0.1, -0.05) is 15.9 Å². The summed E-state index contributed by atoms with van der Waals surface area (Å²) in [4.78, 5) is 15.9. The minimum atomic E-state index is 0.286. The second-order valence-electron chi connectivity index (χ2n) is 4.04. The van der Waals surface area contributed by atoms with Crippen LogP contribution in [0.15, 0.2) is 0 Å². The van der Waals surface area contributed by atoms with Crippen molar-refractivity contribution in [3.8, 4) is 0 Å². The van der Waals surface area contributed by atoms with E-state index in [1.807, 2.05) is 4.90 Å². The smallest absolute Gasteiger partial charge is 0.223 e. The average molecular weight is 263 g/mol. The summed E-state index contributed by atoms with van der Waals surface area (Å²) in [6.07, 6.45) is 2.97. The molecule has 14 heavy (non-hydrogen) atoms. The largest absolute Gasteiger partial charge is 0.341 e. The van der Waals surface area contributed by atoms with Gasteiger partial charge in [-0.15, -0.1) is 0 Å². The van der Waals surface area contributed by atoms with Crippen LogP contribution >= 0.6 is 15.9 Å². The van der Waals surface area contributed by atoms with Crippen molar-refractivity contribution >= 4 is 21.8 Å². The lowest BCUT2D eigenvalue weighted by atomic mass is 10.0. The van der Waals surface area contributed by atoms with Crippen LogP contribution in [0.1, 0.15) is 19.3 Å². The Morgan fingerprint density at radius 1 is 1.57 bits per heavy atom. The number of nitrogens with zero attached hydrogens (tertiary/aromatic N) is 2. The number of likely N-dealkylation sites (N-methyl/N-ethyl adjacent to an activating group) is 1. The molecule has 1 rings (SSSR count). The molecule has 0 aromatic heterocycles. The fraction of sp³-hybridized carbons (Fsp3) is 0.900. The SMILES string of the molecule is CN(C)C1CCCN(C(=O)CCBr)C1. The first-order valence-electron chi connectivity index (χ1n) is 5.15. The first-order chi connectivity index (χ1) is 6.65. The predicted molar refractivity (Wildman–Crippen MR) is 61.7 cm³/mol. The second-order valence-corrected chi connectivity index (χ2v) is 4.83. The quantitative estimate of drug-likeness (QED) is 0.717. The van der Waals surface area contributed by atoms with Crippen LogP contribution in [0.25, 0.3) is 0 Å². The van der Waals surface area contributed by atoms with E-state index >= 15 is 0 Å². The van der Waals surface area contributed by atoms with Gasteiger partial charge in [-0.05, 0) is 26.9 Å². The van der Waals surface area contributed by atoms with Gasteiger partial charge in [-0.3, -0.25) is 4.79 Å². The minimum Gasteiger partial charge on any atom is -0.341 e. The van der Waals surface area contributed by atoms with Crippen molar-refractivity contribution in [2.45, 2.75) is 25.3 Å². The van der Waals surface area contributed by atoms with Gasteiger partial charge in [0.1, 0.15) is 0 Å². The number of rotatable bonds is 3. The number of piperidine rings is 1. The molecular weight excluding hydrogens is 244 g/mol. The van der Waals surface area contributed by atoms with E-state index in [2.05, 4.69) is 34.9 Å². The highest BCUT2D eigenvalue weighted by Gasteiger charge is 2.23. The van der Waals surface area contributed by atoms with E-state index in [1.165, 1.54) is 6.42 Å². The van der Waals surface area contributed by atoms with Crippen LogP contribution in [0.3, 0.4) is 0 Å². The lowest BCUT2D eigenvalue weighted by Gasteiger charge is -2.36. The number of carbonyl (C=O) groups excluding carboxylic acids is 1. The molecule has 1 aliphatic rings. The Labute approximate surface area is 94.6 Å². The Morgan fingerprint density at radius 3 is 2.86 bits per heavy atom. The maximum Gasteiger partial charge on any atom is 0.223 e. The third-order valence-electron chi connectivity index (χ3n) is 2.79. The zero-order valence-corrected chi connectivity index (χ0v) is 10.6. The predicted octanol–water partition coefficient (Wildman–Crippen LogP) is 1.32. The van der Waals surface area contributed by atoms with Gasteiger partial charge in [0.15, 0.2) is 0 Å². The van der Waals surface area contributed by atoms with Crippen molar-refractivity contribution in [2.24, 2.45) is 0 Å². The van der Waals surface area contributed by atoms with Gasteiger partial charge in [-0.25, -0.2) is 0 Å². The molecule has 1 saturated heterocycles. The third kappa shape index (κ3) is 3.24. The maximum absolute atomic E-state index is 11.6. The summed E-state index contributed by atoms with van der Waals surface area (Å²) >= 11 is 3.30. The topological polar surface area (TPSA) is 23.6 Å². The normalized spacial score (nSPS) is 22.9. The molecule has 0 aromatic carbocycles. The highest BCUT2D eigenvalue weighted by Crippen LogP contribution is 2.14. The van der Waals surface area contributed by atoms with E-state index in [9.17, 15) is 4.79 Å². The number of alkyl halides is 1. The Bertz CT molecular complexity index is 197. The van der Waals surface area contributed by atoms with Crippen LogP contribution in [-0.4, -0.2) is 54.3 Å². The van der Waals surface area contributed by atoms with Crippen LogP contribution in [0.5, 0.6) is 0 Å². The fourth-order valence-electron chi connectivity index (χ4n) is 1.84. The van der Waals surface area contributed by atoms with Crippen LogP contribution in [0.2, 0.25) is 0 Å². The van der Waals surface area contributed by atoms with Crippen LogP contribution in [-0.2, 0) is 4.79 Å². The minimum absolute atomic E-state index is 0.286. The van der Waals surface area contributed by atoms with Gasteiger partial charge in [0.2, 0.25) is 5.91 Å². The van der Waals surface area contributed by atoms with E-state index in [-0.39, 0.29) is 5.91 Å². The summed E-state index contributed by atoms with van der Waals surface area (Å²) in [6, 6.07) is 0.544. The maximum atomic E-state index is 11.6. The van der Waals surface area contributed by atoms with E-state index in [0.717, 1.165) is 24.8 Å². The molecule has 1 atom stereocenters. The molecule has 0 spiro atoms. The van der Waals surface area contributed by atoms with Crippen LogP contribution in [0, 0.1) is 0 Å². The number of likely N-dealkylation sites (tertiary alicyclic amines) is 1. The van der Waals surface area contributed by atoms with Crippen molar-refractivity contribution in [2.75, 3.05) is 32.5 Å². The molecule has 1 heterocycles. The molecule has 1 fully saturated rings. The third-order valence-corrected chi connectivity index (χ3v) is 3.18. The standard InChI is InChI=1S/C10H19BrN2O/c1-12(2)9-4-3-7-13(8-9)10(14)5-6-11/h9H,3-8H2,1-2H3.